The van der Waals surface area contributed by atoms with Gasteiger partial charge in [0.2, 0.25) is 0 Å². The summed E-state index contributed by atoms with van der Waals surface area (Å²) in [5.74, 6) is 0.748. The van der Waals surface area contributed by atoms with Crippen molar-refractivity contribution in [3.05, 3.63) is 47.6 Å². The highest BCUT2D eigenvalue weighted by atomic mass is 32.2. The minimum absolute atomic E-state index is 0.191. The summed E-state index contributed by atoms with van der Waals surface area (Å²) in [5, 5.41) is 5.15. The van der Waals surface area contributed by atoms with Crippen LogP contribution in [0.4, 0.5) is 10.1 Å². The van der Waals surface area contributed by atoms with Gasteiger partial charge < -0.3 is 5.32 Å². The lowest BCUT2D eigenvalue weighted by Crippen LogP contribution is -2.05. The number of anilines is 1. The summed E-state index contributed by atoms with van der Waals surface area (Å²) in [6.45, 7) is 0.767. The molecule has 0 aliphatic heterocycles. The van der Waals surface area contributed by atoms with Crippen LogP contribution in [0.2, 0.25) is 0 Å². The Balaban J connectivity index is 1.74. The fourth-order valence-electron chi connectivity index (χ4n) is 1.29. The quantitative estimate of drug-likeness (QED) is 0.636. The molecule has 1 heterocycles. The molecule has 0 saturated carbocycles. The highest BCUT2D eigenvalue weighted by Gasteiger charge is 1.99. The molecule has 2 aromatic rings. The number of nitrogens with one attached hydrogen (secondary N) is 1. The molecule has 0 bridgehead atoms. The van der Waals surface area contributed by atoms with Crippen molar-refractivity contribution in [2.45, 2.75) is 4.21 Å². The zero-order valence-corrected chi connectivity index (χ0v) is 10.3. The number of benzene rings is 1. The molecule has 0 fully saturated rings. The van der Waals surface area contributed by atoms with E-state index in [1.807, 2.05) is 12.1 Å². The lowest BCUT2D eigenvalue weighted by Gasteiger charge is -2.06. The third-order valence-corrected chi connectivity index (χ3v) is 4.16. The first-order chi connectivity index (χ1) is 7.86. The second-order valence-corrected chi connectivity index (χ2v) is 5.53. The predicted octanol–water partition coefficient (Wildman–Crippen LogP) is 4.09. The van der Waals surface area contributed by atoms with E-state index in [0.29, 0.717) is 5.69 Å². The van der Waals surface area contributed by atoms with E-state index in [-0.39, 0.29) is 5.82 Å². The van der Waals surface area contributed by atoms with Gasteiger partial charge in [-0.25, -0.2) is 4.39 Å². The molecule has 1 nitrogen and oxygen atoms in total. The maximum absolute atomic E-state index is 13.2. The SMILES string of the molecule is Fc1ccccc1NCCSc1cccs1. The monoisotopic (exact) mass is 253 g/mol. The van der Waals surface area contributed by atoms with Gasteiger partial charge in [-0.2, -0.15) is 0 Å². The Hall–Kier alpha value is -1.00. The van der Waals surface area contributed by atoms with Crippen molar-refractivity contribution in [2.75, 3.05) is 17.6 Å². The fraction of sp³-hybridized carbons (Fsp3) is 0.167. The molecule has 0 spiro atoms. The normalized spacial score (nSPS) is 10.3. The molecule has 0 aliphatic rings. The van der Waals surface area contributed by atoms with Crippen molar-refractivity contribution < 1.29 is 4.39 Å². The van der Waals surface area contributed by atoms with E-state index in [1.165, 1.54) is 10.3 Å². The minimum Gasteiger partial charge on any atom is -0.382 e. The zero-order chi connectivity index (χ0) is 11.2. The molecule has 0 saturated heterocycles. The van der Waals surface area contributed by atoms with Crippen LogP contribution in [0.15, 0.2) is 46.0 Å². The molecular formula is C12H12FNS2. The predicted molar refractivity (Wildman–Crippen MR) is 69.9 cm³/mol. The van der Waals surface area contributed by atoms with Gasteiger partial charge in [-0.1, -0.05) is 18.2 Å². The lowest BCUT2D eigenvalue weighted by atomic mass is 10.3. The first kappa shape index (κ1) is 11.5. The van der Waals surface area contributed by atoms with Gasteiger partial charge in [0, 0.05) is 12.3 Å². The molecule has 16 heavy (non-hydrogen) atoms. The van der Waals surface area contributed by atoms with E-state index >= 15 is 0 Å². The highest BCUT2D eigenvalue weighted by Crippen LogP contribution is 2.23. The molecule has 0 aliphatic carbocycles. The van der Waals surface area contributed by atoms with Crippen LogP contribution in [0.1, 0.15) is 0 Å². The largest absolute Gasteiger partial charge is 0.382 e. The number of halogens is 1. The summed E-state index contributed by atoms with van der Waals surface area (Å²) in [6, 6.07) is 10.9. The van der Waals surface area contributed by atoms with E-state index in [9.17, 15) is 4.39 Å². The molecule has 0 radical (unpaired) electrons. The average molecular weight is 253 g/mol. The topological polar surface area (TPSA) is 12.0 Å². The van der Waals surface area contributed by atoms with Gasteiger partial charge in [0.25, 0.3) is 0 Å². The van der Waals surface area contributed by atoms with E-state index in [1.54, 1.807) is 35.2 Å². The van der Waals surface area contributed by atoms with Crippen LogP contribution in [0.5, 0.6) is 0 Å². The summed E-state index contributed by atoms with van der Waals surface area (Å²) in [5.41, 5.74) is 0.578. The Morgan fingerprint density at radius 2 is 2.06 bits per heavy atom. The third-order valence-electron chi connectivity index (χ3n) is 2.03. The Morgan fingerprint density at radius 3 is 2.81 bits per heavy atom. The molecule has 0 atom stereocenters. The number of thiophene rings is 1. The molecule has 84 valence electrons. The van der Waals surface area contributed by atoms with Gasteiger partial charge in [0.05, 0.1) is 9.90 Å². The average Bonchev–Trinajstić information content (AvgIpc) is 2.79. The molecule has 1 aromatic carbocycles. The molecule has 0 unspecified atom stereocenters. The van der Waals surface area contributed by atoms with Gasteiger partial charge in [0.15, 0.2) is 0 Å². The Bertz CT molecular complexity index is 428. The summed E-state index contributed by atoms with van der Waals surface area (Å²) >= 11 is 3.52. The Labute approximate surface area is 103 Å². The highest BCUT2D eigenvalue weighted by molar-refractivity contribution is 8.01. The van der Waals surface area contributed by atoms with Crippen molar-refractivity contribution in [1.82, 2.24) is 0 Å². The van der Waals surface area contributed by atoms with E-state index in [4.69, 9.17) is 0 Å². The number of hydrogen-bond donors (Lipinski definition) is 1. The minimum atomic E-state index is -0.191. The number of hydrogen-bond acceptors (Lipinski definition) is 3. The maximum atomic E-state index is 13.2. The molecule has 0 amide bonds. The number of rotatable bonds is 5. The second kappa shape index (κ2) is 5.92. The van der Waals surface area contributed by atoms with E-state index < -0.39 is 0 Å². The van der Waals surface area contributed by atoms with Gasteiger partial charge in [-0.15, -0.1) is 23.1 Å². The first-order valence-electron chi connectivity index (χ1n) is 5.01. The Kier molecular flexibility index (Phi) is 4.25. The van der Waals surface area contributed by atoms with Crippen molar-refractivity contribution >= 4 is 28.8 Å². The van der Waals surface area contributed by atoms with Crippen LogP contribution in [-0.4, -0.2) is 12.3 Å². The maximum Gasteiger partial charge on any atom is 0.146 e. The van der Waals surface area contributed by atoms with Crippen LogP contribution >= 0.6 is 23.1 Å². The van der Waals surface area contributed by atoms with Crippen molar-refractivity contribution in [1.29, 1.82) is 0 Å². The summed E-state index contributed by atoms with van der Waals surface area (Å²) in [7, 11) is 0. The van der Waals surface area contributed by atoms with Gasteiger partial charge in [-0.05, 0) is 23.6 Å². The summed E-state index contributed by atoms with van der Waals surface area (Å²) in [4.78, 5) is 0. The Morgan fingerprint density at radius 1 is 1.19 bits per heavy atom. The second-order valence-electron chi connectivity index (χ2n) is 3.19. The smallest absolute Gasteiger partial charge is 0.146 e. The van der Waals surface area contributed by atoms with Crippen molar-refractivity contribution in [3.8, 4) is 0 Å². The molecule has 4 heteroatoms. The van der Waals surface area contributed by atoms with Crippen molar-refractivity contribution in [3.63, 3.8) is 0 Å². The van der Waals surface area contributed by atoms with Crippen molar-refractivity contribution in [2.24, 2.45) is 0 Å². The van der Waals surface area contributed by atoms with E-state index in [0.717, 1.165) is 12.3 Å². The standard InChI is InChI=1S/C12H12FNS2/c13-10-4-1-2-5-11(10)14-7-9-16-12-6-3-8-15-12/h1-6,8,14H,7,9H2. The summed E-state index contributed by atoms with van der Waals surface area (Å²) in [6.07, 6.45) is 0. The lowest BCUT2D eigenvalue weighted by molar-refractivity contribution is 0.630. The summed E-state index contributed by atoms with van der Waals surface area (Å²) < 4.78 is 14.5. The molecular weight excluding hydrogens is 241 g/mol. The molecule has 1 aromatic heterocycles. The van der Waals surface area contributed by atoms with Crippen LogP contribution < -0.4 is 5.32 Å². The van der Waals surface area contributed by atoms with Gasteiger partial charge in [-0.3, -0.25) is 0 Å². The molecule has 2 rings (SSSR count). The van der Waals surface area contributed by atoms with Crippen LogP contribution in [0.25, 0.3) is 0 Å². The van der Waals surface area contributed by atoms with Gasteiger partial charge in [0.1, 0.15) is 5.82 Å². The number of thioether (sulfide) groups is 1. The fourth-order valence-corrected chi connectivity index (χ4v) is 3.00. The van der Waals surface area contributed by atoms with Gasteiger partial charge >= 0.3 is 0 Å². The van der Waals surface area contributed by atoms with Crippen LogP contribution in [0, 0.1) is 5.82 Å². The zero-order valence-electron chi connectivity index (χ0n) is 8.65. The van der Waals surface area contributed by atoms with Crippen LogP contribution in [-0.2, 0) is 0 Å². The first-order valence-corrected chi connectivity index (χ1v) is 6.87. The third kappa shape index (κ3) is 3.25. The number of para-hydroxylation sites is 1. The van der Waals surface area contributed by atoms with E-state index in [2.05, 4.69) is 16.8 Å². The van der Waals surface area contributed by atoms with Crippen LogP contribution in [0.3, 0.4) is 0 Å². The molecule has 1 N–H and O–H groups in total.